The van der Waals surface area contributed by atoms with Crippen molar-refractivity contribution >= 4 is 22.6 Å². The lowest BCUT2D eigenvalue weighted by Crippen LogP contribution is -2.26. The maximum absolute atomic E-state index is 12.4. The van der Waals surface area contributed by atoms with E-state index in [-0.39, 0.29) is 3.57 Å². The van der Waals surface area contributed by atoms with Gasteiger partial charge in [-0.1, -0.05) is 0 Å². The molecule has 0 fully saturated rings. The molecule has 2 rings (SSSR count). The predicted molar refractivity (Wildman–Crippen MR) is 95.6 cm³/mol. The van der Waals surface area contributed by atoms with Gasteiger partial charge in [-0.25, -0.2) is 0 Å². The third-order valence-electron chi connectivity index (χ3n) is 3.75. The van der Waals surface area contributed by atoms with Gasteiger partial charge in [-0.2, -0.15) is 26.3 Å². The molecular formula is C16H15F6IN2O2. The van der Waals surface area contributed by atoms with Gasteiger partial charge in [0.25, 0.3) is 11.1 Å². The molecule has 2 heterocycles. The number of nitrogens with zero attached hydrogens (tertiary/aromatic N) is 2. The van der Waals surface area contributed by atoms with Crippen LogP contribution in [0.3, 0.4) is 0 Å². The van der Waals surface area contributed by atoms with E-state index in [2.05, 4.69) is 0 Å². The van der Waals surface area contributed by atoms with Crippen LogP contribution in [-0.4, -0.2) is 9.13 Å². The Hall–Kier alpha value is -1.79. The molecule has 4 nitrogen and oxygen atoms in total. The standard InChI is InChI=1S/C8H7F3INO.C8H8F3NO/c1-4-3-5(8(9,10)11)6(12)7(14)13(4)2;1-5-3-6(8(9,10)11)4-7(13)12(5)2/h3H,1-2H3;3-4H,1-2H3. The summed E-state index contributed by atoms with van der Waals surface area (Å²) in [5, 5.41) is 0. The summed E-state index contributed by atoms with van der Waals surface area (Å²) < 4.78 is 75.6. The van der Waals surface area contributed by atoms with E-state index in [1.54, 1.807) is 0 Å². The third-order valence-corrected chi connectivity index (χ3v) is 4.79. The van der Waals surface area contributed by atoms with E-state index in [1.165, 1.54) is 55.1 Å². The molecule has 0 aliphatic heterocycles. The molecule has 0 N–H and O–H groups in total. The van der Waals surface area contributed by atoms with Gasteiger partial charge in [0.2, 0.25) is 0 Å². The summed E-state index contributed by atoms with van der Waals surface area (Å²) in [7, 11) is 2.87. The van der Waals surface area contributed by atoms with E-state index in [0.29, 0.717) is 17.5 Å². The van der Waals surface area contributed by atoms with E-state index in [0.717, 1.165) is 16.7 Å². The van der Waals surface area contributed by atoms with E-state index >= 15 is 0 Å². The molecule has 0 saturated carbocycles. The minimum Gasteiger partial charge on any atom is -0.316 e. The summed E-state index contributed by atoms with van der Waals surface area (Å²) in [6.45, 7) is 2.92. The molecule has 27 heavy (non-hydrogen) atoms. The Labute approximate surface area is 163 Å². The number of rotatable bonds is 0. The number of aryl methyl sites for hydroxylation is 2. The Kier molecular flexibility index (Phi) is 6.95. The molecule has 0 radical (unpaired) electrons. The molecular weight excluding hydrogens is 493 g/mol. The van der Waals surface area contributed by atoms with Crippen LogP contribution in [0.25, 0.3) is 0 Å². The van der Waals surface area contributed by atoms with Crippen LogP contribution in [-0.2, 0) is 26.4 Å². The Balaban J connectivity index is 0.000000271. The van der Waals surface area contributed by atoms with E-state index in [4.69, 9.17) is 0 Å². The summed E-state index contributed by atoms with van der Waals surface area (Å²) in [4.78, 5) is 22.3. The van der Waals surface area contributed by atoms with Crippen LogP contribution in [0.1, 0.15) is 22.5 Å². The Morgan fingerprint density at radius 1 is 0.815 bits per heavy atom. The molecule has 150 valence electrons. The highest BCUT2D eigenvalue weighted by atomic mass is 127. The SMILES string of the molecule is Cc1cc(C(F)(F)F)c(I)c(=O)n1C.Cc1cc(C(F)(F)F)cc(=O)n1C. The fourth-order valence-electron chi connectivity index (χ4n) is 1.93. The summed E-state index contributed by atoms with van der Waals surface area (Å²) in [5.41, 5.74) is -2.43. The lowest BCUT2D eigenvalue weighted by molar-refractivity contribution is -0.139. The molecule has 0 aliphatic rings. The molecule has 0 atom stereocenters. The molecule has 2 aromatic heterocycles. The fraction of sp³-hybridized carbons (Fsp3) is 0.375. The van der Waals surface area contributed by atoms with Gasteiger partial charge in [-0.05, 0) is 48.6 Å². The monoisotopic (exact) mass is 508 g/mol. The zero-order valence-electron chi connectivity index (χ0n) is 14.6. The minimum atomic E-state index is -4.46. The number of alkyl halides is 6. The molecule has 0 unspecified atom stereocenters. The van der Waals surface area contributed by atoms with Crippen molar-refractivity contribution in [3.05, 3.63) is 65.0 Å². The summed E-state index contributed by atoms with van der Waals surface area (Å²) in [6.07, 6.45) is -8.91. The van der Waals surface area contributed by atoms with Gasteiger partial charge in [-0.3, -0.25) is 9.59 Å². The number of aromatic nitrogens is 2. The van der Waals surface area contributed by atoms with Crippen molar-refractivity contribution in [1.29, 1.82) is 0 Å². The first-order valence-electron chi connectivity index (χ1n) is 7.25. The minimum absolute atomic E-state index is 0.289. The first-order valence-corrected chi connectivity index (χ1v) is 8.33. The zero-order valence-corrected chi connectivity index (χ0v) is 16.7. The average Bonchev–Trinajstić information content (AvgIpc) is 2.52. The van der Waals surface area contributed by atoms with Crippen molar-refractivity contribution in [3.8, 4) is 0 Å². The maximum atomic E-state index is 12.4. The van der Waals surface area contributed by atoms with Crippen LogP contribution in [0.5, 0.6) is 0 Å². The third kappa shape index (κ3) is 5.59. The Morgan fingerprint density at radius 3 is 1.70 bits per heavy atom. The van der Waals surface area contributed by atoms with E-state index in [9.17, 15) is 35.9 Å². The van der Waals surface area contributed by atoms with Crippen LogP contribution in [0.15, 0.2) is 27.8 Å². The van der Waals surface area contributed by atoms with Crippen molar-refractivity contribution in [2.24, 2.45) is 14.1 Å². The molecule has 0 spiro atoms. The average molecular weight is 508 g/mol. The van der Waals surface area contributed by atoms with Gasteiger partial charge in [0, 0.05) is 31.5 Å². The van der Waals surface area contributed by atoms with Crippen LogP contribution in [0.4, 0.5) is 26.3 Å². The van der Waals surface area contributed by atoms with Crippen LogP contribution in [0.2, 0.25) is 0 Å². The number of pyridine rings is 2. The van der Waals surface area contributed by atoms with Crippen LogP contribution in [0, 0.1) is 17.4 Å². The molecule has 0 saturated heterocycles. The van der Waals surface area contributed by atoms with E-state index in [1.807, 2.05) is 0 Å². The van der Waals surface area contributed by atoms with Gasteiger partial charge in [0.1, 0.15) is 0 Å². The molecule has 0 aromatic carbocycles. The van der Waals surface area contributed by atoms with E-state index < -0.39 is 34.6 Å². The first-order chi connectivity index (χ1) is 12.1. The van der Waals surface area contributed by atoms with Crippen molar-refractivity contribution in [1.82, 2.24) is 9.13 Å². The number of hydrogen-bond acceptors (Lipinski definition) is 2. The van der Waals surface area contributed by atoms with Gasteiger partial charge in [0.05, 0.1) is 14.7 Å². The summed E-state index contributed by atoms with van der Waals surface area (Å²) >= 11 is 1.42. The van der Waals surface area contributed by atoms with Crippen molar-refractivity contribution in [3.63, 3.8) is 0 Å². The number of hydrogen-bond donors (Lipinski definition) is 0. The van der Waals surface area contributed by atoms with Gasteiger partial charge < -0.3 is 9.13 Å². The molecule has 0 aliphatic carbocycles. The van der Waals surface area contributed by atoms with Crippen molar-refractivity contribution < 1.29 is 26.3 Å². The van der Waals surface area contributed by atoms with Crippen LogP contribution >= 0.6 is 22.6 Å². The number of halogens is 7. The van der Waals surface area contributed by atoms with Gasteiger partial charge in [-0.15, -0.1) is 0 Å². The normalized spacial score (nSPS) is 11.8. The lowest BCUT2D eigenvalue weighted by atomic mass is 10.2. The second-order valence-electron chi connectivity index (χ2n) is 5.66. The first kappa shape index (κ1) is 23.2. The Bertz CT molecular complexity index is 958. The second-order valence-corrected chi connectivity index (χ2v) is 6.73. The predicted octanol–water partition coefficient (Wildman–Crippen LogP) is 4.03. The Morgan fingerprint density at radius 2 is 1.30 bits per heavy atom. The quantitative estimate of drug-likeness (QED) is 0.399. The molecule has 11 heteroatoms. The van der Waals surface area contributed by atoms with Crippen molar-refractivity contribution in [2.45, 2.75) is 26.2 Å². The zero-order chi connectivity index (χ0) is 21.3. The summed E-state index contributed by atoms with van der Waals surface area (Å²) in [5.74, 6) is 0. The smallest absolute Gasteiger partial charge is 0.316 e. The lowest BCUT2D eigenvalue weighted by Gasteiger charge is -2.11. The van der Waals surface area contributed by atoms with Crippen molar-refractivity contribution in [2.75, 3.05) is 0 Å². The van der Waals surface area contributed by atoms with Gasteiger partial charge in [0.15, 0.2) is 0 Å². The maximum Gasteiger partial charge on any atom is 0.417 e. The molecule has 0 bridgehead atoms. The summed E-state index contributed by atoms with van der Waals surface area (Å²) in [6, 6.07) is 2.51. The second kappa shape index (κ2) is 8.07. The highest BCUT2D eigenvalue weighted by Gasteiger charge is 2.34. The molecule has 0 amide bonds. The van der Waals surface area contributed by atoms with Gasteiger partial charge >= 0.3 is 12.4 Å². The molecule has 2 aromatic rings. The highest BCUT2D eigenvalue weighted by molar-refractivity contribution is 14.1. The highest BCUT2D eigenvalue weighted by Crippen LogP contribution is 2.31. The van der Waals surface area contributed by atoms with Crippen LogP contribution < -0.4 is 11.1 Å². The topological polar surface area (TPSA) is 44.0 Å². The fourth-order valence-corrected chi connectivity index (χ4v) is 2.75. The largest absolute Gasteiger partial charge is 0.417 e.